The first-order chi connectivity index (χ1) is 15.4. The number of carbonyl (C=O) groups excluding carboxylic acids is 3. The summed E-state index contributed by atoms with van der Waals surface area (Å²) in [6, 6.07) is -1.21. The van der Waals surface area contributed by atoms with Crippen molar-refractivity contribution >= 4 is 29.5 Å². The lowest BCUT2D eigenvalue weighted by atomic mass is 9.78. The number of likely N-dealkylation sites (tertiary alicyclic amines) is 1. The van der Waals surface area contributed by atoms with Crippen LogP contribution in [0.15, 0.2) is 24.3 Å². The summed E-state index contributed by atoms with van der Waals surface area (Å²) in [6.45, 7) is 7.23. The average molecular weight is 463 g/mol. The SMILES string of the molecule is CCCCN1CC=C[C@]23S[C@H]4C=CCOC(=O)[C@H]4[C@H]2C(=O)N([C@@H](CO)[C@@H](C)CC)C3C1=O. The zero-order valence-electron chi connectivity index (χ0n) is 19.1. The highest BCUT2D eigenvalue weighted by Crippen LogP contribution is 2.61. The van der Waals surface area contributed by atoms with E-state index in [-0.39, 0.29) is 42.2 Å². The Morgan fingerprint density at radius 2 is 2.03 bits per heavy atom. The summed E-state index contributed by atoms with van der Waals surface area (Å²) >= 11 is 1.55. The van der Waals surface area contributed by atoms with Gasteiger partial charge in [0.1, 0.15) is 12.6 Å². The third kappa shape index (κ3) is 3.50. The molecule has 8 heteroatoms. The molecule has 0 aliphatic carbocycles. The van der Waals surface area contributed by atoms with E-state index < -0.39 is 28.7 Å². The first-order valence-corrected chi connectivity index (χ1v) is 12.7. The van der Waals surface area contributed by atoms with Crippen molar-refractivity contribution in [2.24, 2.45) is 17.8 Å². The van der Waals surface area contributed by atoms with Crippen molar-refractivity contribution < 1.29 is 24.2 Å². The lowest BCUT2D eigenvalue weighted by Crippen LogP contribution is -2.57. The van der Waals surface area contributed by atoms with Gasteiger partial charge in [0.25, 0.3) is 0 Å². The Kier molecular flexibility index (Phi) is 6.73. The zero-order chi connectivity index (χ0) is 23.0. The third-order valence-corrected chi connectivity index (χ3v) is 9.31. The molecule has 2 fully saturated rings. The molecule has 1 N–H and O–H groups in total. The van der Waals surface area contributed by atoms with Gasteiger partial charge in [-0.3, -0.25) is 14.4 Å². The molecule has 0 bridgehead atoms. The fraction of sp³-hybridized carbons (Fsp3) is 0.708. The van der Waals surface area contributed by atoms with E-state index in [4.69, 9.17) is 4.74 Å². The van der Waals surface area contributed by atoms with Crippen molar-refractivity contribution in [1.29, 1.82) is 0 Å². The quantitative estimate of drug-likeness (QED) is 0.460. The third-order valence-electron chi connectivity index (χ3n) is 7.56. The Hall–Kier alpha value is -1.80. The van der Waals surface area contributed by atoms with Crippen LogP contribution in [0.4, 0.5) is 0 Å². The number of ether oxygens (including phenoxy) is 1. The average Bonchev–Trinajstić information content (AvgIpc) is 3.09. The normalized spacial score (nSPS) is 35.7. The molecule has 7 atom stereocenters. The minimum absolute atomic E-state index is 0.0192. The first kappa shape index (κ1) is 23.4. The van der Waals surface area contributed by atoms with Gasteiger partial charge in [-0.1, -0.05) is 57.9 Å². The van der Waals surface area contributed by atoms with E-state index in [1.807, 2.05) is 43.1 Å². The van der Waals surface area contributed by atoms with E-state index in [0.29, 0.717) is 13.1 Å². The van der Waals surface area contributed by atoms with Gasteiger partial charge in [-0.2, -0.15) is 0 Å². The maximum absolute atomic E-state index is 14.0. The second kappa shape index (κ2) is 9.21. The van der Waals surface area contributed by atoms with Crippen LogP contribution < -0.4 is 0 Å². The van der Waals surface area contributed by atoms with Crippen molar-refractivity contribution in [3.63, 3.8) is 0 Å². The van der Waals surface area contributed by atoms with Gasteiger partial charge >= 0.3 is 5.97 Å². The van der Waals surface area contributed by atoms with Crippen LogP contribution in [0.3, 0.4) is 0 Å². The van der Waals surface area contributed by atoms with Gasteiger partial charge < -0.3 is 19.6 Å². The van der Waals surface area contributed by atoms with Crippen molar-refractivity contribution in [2.75, 3.05) is 26.3 Å². The van der Waals surface area contributed by atoms with E-state index in [1.165, 1.54) is 0 Å². The number of amides is 2. The summed E-state index contributed by atoms with van der Waals surface area (Å²) < 4.78 is 4.55. The molecule has 0 radical (unpaired) electrons. The molecule has 1 unspecified atom stereocenters. The Bertz CT molecular complexity index is 829. The summed E-state index contributed by atoms with van der Waals surface area (Å²) in [7, 11) is 0. The monoisotopic (exact) mass is 462 g/mol. The number of thioether (sulfide) groups is 1. The summed E-state index contributed by atoms with van der Waals surface area (Å²) in [6.07, 6.45) is 10.4. The fourth-order valence-electron chi connectivity index (χ4n) is 5.68. The number of hydrogen-bond acceptors (Lipinski definition) is 6. The first-order valence-electron chi connectivity index (χ1n) is 11.8. The van der Waals surface area contributed by atoms with Crippen molar-refractivity contribution in [3.8, 4) is 0 Å². The number of fused-ring (bicyclic) bond motifs is 2. The molecule has 0 aromatic heterocycles. The largest absolute Gasteiger partial charge is 0.461 e. The van der Waals surface area contributed by atoms with Gasteiger partial charge in [0.05, 0.1) is 29.2 Å². The van der Waals surface area contributed by atoms with Gasteiger partial charge in [0.2, 0.25) is 11.8 Å². The van der Waals surface area contributed by atoms with E-state index in [9.17, 15) is 19.5 Å². The smallest absolute Gasteiger partial charge is 0.311 e. The number of aliphatic hydroxyl groups excluding tert-OH is 1. The molecule has 1 spiro atoms. The maximum atomic E-state index is 14.0. The fourth-order valence-corrected chi connectivity index (χ4v) is 7.66. The molecule has 4 aliphatic heterocycles. The van der Waals surface area contributed by atoms with Crippen molar-refractivity contribution in [3.05, 3.63) is 24.3 Å². The summed E-state index contributed by atoms with van der Waals surface area (Å²) in [5.74, 6) is -1.96. The number of nitrogens with zero attached hydrogens (tertiary/aromatic N) is 2. The van der Waals surface area contributed by atoms with Gasteiger partial charge in [-0.05, 0) is 12.3 Å². The number of aliphatic hydroxyl groups is 1. The van der Waals surface area contributed by atoms with Crippen LogP contribution in [0, 0.1) is 17.8 Å². The van der Waals surface area contributed by atoms with E-state index in [1.54, 1.807) is 16.7 Å². The molecular formula is C24H34N2O5S. The number of rotatable bonds is 7. The highest BCUT2D eigenvalue weighted by molar-refractivity contribution is 8.02. The zero-order valence-corrected chi connectivity index (χ0v) is 19.9. The molecule has 176 valence electrons. The minimum atomic E-state index is -0.841. The summed E-state index contributed by atoms with van der Waals surface area (Å²) in [5.41, 5.74) is 0. The van der Waals surface area contributed by atoms with Crippen LogP contribution in [0.2, 0.25) is 0 Å². The molecule has 0 aromatic rings. The molecule has 2 saturated heterocycles. The summed E-state index contributed by atoms with van der Waals surface area (Å²) in [4.78, 5) is 44.4. The second-order valence-electron chi connectivity index (χ2n) is 9.32. The Morgan fingerprint density at radius 1 is 1.25 bits per heavy atom. The highest BCUT2D eigenvalue weighted by Gasteiger charge is 2.72. The van der Waals surface area contributed by atoms with Crippen LogP contribution in [-0.2, 0) is 19.1 Å². The number of cyclic esters (lactones) is 1. The van der Waals surface area contributed by atoms with Gasteiger partial charge in [0, 0.05) is 18.3 Å². The molecule has 4 heterocycles. The minimum Gasteiger partial charge on any atom is -0.461 e. The van der Waals surface area contributed by atoms with E-state index >= 15 is 0 Å². The molecule has 4 aliphatic rings. The molecule has 7 nitrogen and oxygen atoms in total. The Balaban J connectivity index is 1.84. The number of esters is 1. The summed E-state index contributed by atoms with van der Waals surface area (Å²) in [5, 5.41) is 10.1. The van der Waals surface area contributed by atoms with Crippen molar-refractivity contribution in [2.45, 2.75) is 62.1 Å². The second-order valence-corrected chi connectivity index (χ2v) is 10.8. The van der Waals surface area contributed by atoms with Crippen LogP contribution in [0.25, 0.3) is 0 Å². The predicted octanol–water partition coefficient (Wildman–Crippen LogP) is 2.00. The molecular weight excluding hydrogens is 428 g/mol. The number of hydrogen-bond donors (Lipinski definition) is 1. The van der Waals surface area contributed by atoms with E-state index in [0.717, 1.165) is 19.3 Å². The number of carbonyl (C=O) groups is 3. The predicted molar refractivity (Wildman–Crippen MR) is 123 cm³/mol. The van der Waals surface area contributed by atoms with Gasteiger partial charge in [0.15, 0.2) is 0 Å². The van der Waals surface area contributed by atoms with Gasteiger partial charge in [-0.25, -0.2) is 0 Å². The maximum Gasteiger partial charge on any atom is 0.311 e. The standard InChI is InChI=1S/C24H34N2O5S/c1-4-6-11-25-12-8-10-24-19(18-17(32-24)9-7-13-31-23(18)30)21(28)26(20(24)22(25)29)16(14-27)15(3)5-2/h7-10,15-20,27H,4-6,11-14H2,1-3H3/t15-,16-,17-,18+,19-,20?,24-/m0/s1. The molecule has 0 aromatic carbocycles. The molecule has 32 heavy (non-hydrogen) atoms. The molecule has 4 rings (SSSR count). The highest BCUT2D eigenvalue weighted by atomic mass is 32.2. The van der Waals surface area contributed by atoms with Crippen LogP contribution in [-0.4, -0.2) is 81.1 Å². The van der Waals surface area contributed by atoms with Crippen LogP contribution >= 0.6 is 11.8 Å². The molecule has 2 amide bonds. The Labute approximate surface area is 194 Å². The lowest BCUT2D eigenvalue weighted by molar-refractivity contribution is -0.152. The lowest BCUT2D eigenvalue weighted by Gasteiger charge is -2.40. The topological polar surface area (TPSA) is 87.2 Å². The molecule has 0 saturated carbocycles. The Morgan fingerprint density at radius 3 is 2.72 bits per heavy atom. The number of unbranched alkanes of at least 4 members (excludes halogenated alkanes) is 1. The van der Waals surface area contributed by atoms with Crippen LogP contribution in [0.5, 0.6) is 0 Å². The van der Waals surface area contributed by atoms with Gasteiger partial charge in [-0.15, -0.1) is 11.8 Å². The van der Waals surface area contributed by atoms with E-state index in [2.05, 4.69) is 6.92 Å². The van der Waals surface area contributed by atoms with Crippen LogP contribution in [0.1, 0.15) is 40.0 Å². The van der Waals surface area contributed by atoms with Crippen molar-refractivity contribution in [1.82, 2.24) is 9.80 Å².